The summed E-state index contributed by atoms with van der Waals surface area (Å²) in [6.45, 7) is 4.79. The first-order valence-corrected chi connectivity index (χ1v) is 8.89. The Labute approximate surface area is 154 Å². The summed E-state index contributed by atoms with van der Waals surface area (Å²) in [7, 11) is 0. The van der Waals surface area contributed by atoms with Crippen molar-refractivity contribution in [2.45, 2.75) is 26.4 Å². The second-order valence-electron chi connectivity index (χ2n) is 4.77. The lowest BCUT2D eigenvalue weighted by Gasteiger charge is -2.14. The van der Waals surface area contributed by atoms with Crippen molar-refractivity contribution in [3.63, 3.8) is 0 Å². The molecule has 1 N–H and O–H groups in total. The van der Waals surface area contributed by atoms with Crippen LogP contribution in [-0.4, -0.2) is 35.4 Å². The Morgan fingerprint density at radius 1 is 1.38 bits per heavy atom. The number of carbonyl (C=O) groups excluding carboxylic acids is 1. The molecule has 1 atom stereocenters. The maximum atomic E-state index is 12.2. The van der Waals surface area contributed by atoms with Gasteiger partial charge in [-0.2, -0.15) is 0 Å². The fourth-order valence-corrected chi connectivity index (χ4v) is 2.91. The zero-order valence-corrected chi connectivity index (χ0v) is 15.5. The van der Waals surface area contributed by atoms with Gasteiger partial charge < -0.3 is 9.47 Å². The predicted molar refractivity (Wildman–Crippen MR) is 95.3 cm³/mol. The van der Waals surface area contributed by atoms with Crippen molar-refractivity contribution < 1.29 is 14.3 Å². The van der Waals surface area contributed by atoms with E-state index in [2.05, 4.69) is 15.5 Å². The van der Waals surface area contributed by atoms with Crippen LogP contribution in [0.3, 0.4) is 0 Å². The molecule has 1 aromatic carbocycles. The summed E-state index contributed by atoms with van der Waals surface area (Å²) in [5.74, 6) is 0.0481. The summed E-state index contributed by atoms with van der Waals surface area (Å²) in [5, 5.41) is 12.7. The third kappa shape index (κ3) is 5.59. The Morgan fingerprint density at radius 2 is 2.17 bits per heavy atom. The van der Waals surface area contributed by atoms with E-state index in [1.54, 1.807) is 25.1 Å². The van der Waals surface area contributed by atoms with Gasteiger partial charge in [0.2, 0.25) is 5.13 Å². The van der Waals surface area contributed by atoms with E-state index in [0.717, 1.165) is 5.01 Å². The number of anilines is 1. The van der Waals surface area contributed by atoms with Crippen molar-refractivity contribution in [3.05, 3.63) is 33.3 Å². The summed E-state index contributed by atoms with van der Waals surface area (Å²) in [4.78, 5) is 12.2. The zero-order chi connectivity index (χ0) is 17.5. The van der Waals surface area contributed by atoms with Crippen molar-refractivity contribution in [1.29, 1.82) is 0 Å². The molecule has 9 heteroatoms. The molecule has 1 aromatic heterocycles. The maximum absolute atomic E-state index is 12.2. The summed E-state index contributed by atoms with van der Waals surface area (Å²) < 4.78 is 10.8. The lowest BCUT2D eigenvalue weighted by atomic mass is 10.3. The van der Waals surface area contributed by atoms with Crippen LogP contribution in [0.25, 0.3) is 0 Å². The molecule has 0 unspecified atom stereocenters. The summed E-state index contributed by atoms with van der Waals surface area (Å²) in [6, 6.07) is 4.81. The van der Waals surface area contributed by atoms with Crippen molar-refractivity contribution in [3.8, 4) is 5.75 Å². The van der Waals surface area contributed by atoms with E-state index < -0.39 is 6.10 Å². The SMILES string of the molecule is CCOCCc1nnc(NC(=O)[C@@H](C)Oc2ccc(Cl)cc2Cl)s1. The molecule has 6 nitrogen and oxygen atoms in total. The predicted octanol–water partition coefficient (Wildman–Crippen LogP) is 3.83. The molecule has 24 heavy (non-hydrogen) atoms. The monoisotopic (exact) mass is 389 g/mol. The second-order valence-corrected chi connectivity index (χ2v) is 6.68. The molecule has 0 fully saturated rings. The Kier molecular flexibility index (Phi) is 7.23. The van der Waals surface area contributed by atoms with E-state index in [9.17, 15) is 4.79 Å². The molecule has 2 aromatic rings. The molecule has 2 rings (SSSR count). The van der Waals surface area contributed by atoms with Crippen LogP contribution in [0.1, 0.15) is 18.9 Å². The standard InChI is InChI=1S/C15H17Cl2N3O3S/c1-3-22-7-6-13-19-20-15(24-13)18-14(21)9(2)23-12-5-4-10(16)8-11(12)17/h4-5,8-9H,3,6-7H2,1-2H3,(H,18,20,21)/t9-/m1/s1. The Bertz CT molecular complexity index is 696. The van der Waals surface area contributed by atoms with E-state index in [-0.39, 0.29) is 5.91 Å². The van der Waals surface area contributed by atoms with Gasteiger partial charge in [0.1, 0.15) is 10.8 Å². The van der Waals surface area contributed by atoms with E-state index in [0.29, 0.717) is 40.6 Å². The molecule has 0 bridgehead atoms. The third-order valence-electron chi connectivity index (χ3n) is 2.93. The number of rotatable bonds is 8. The van der Waals surface area contributed by atoms with E-state index in [4.69, 9.17) is 32.7 Å². The molecule has 0 radical (unpaired) electrons. The van der Waals surface area contributed by atoms with E-state index in [1.165, 1.54) is 11.3 Å². The van der Waals surface area contributed by atoms with Crippen LogP contribution in [0.15, 0.2) is 18.2 Å². The van der Waals surface area contributed by atoms with Crippen LogP contribution in [0.5, 0.6) is 5.75 Å². The quantitative estimate of drug-likeness (QED) is 0.694. The van der Waals surface area contributed by atoms with Gasteiger partial charge in [0.15, 0.2) is 6.10 Å². The first-order valence-electron chi connectivity index (χ1n) is 7.32. The maximum Gasteiger partial charge on any atom is 0.266 e. The van der Waals surface area contributed by atoms with Gasteiger partial charge in [0.05, 0.1) is 11.6 Å². The Hall–Kier alpha value is -1.41. The second kappa shape index (κ2) is 9.17. The fourth-order valence-electron chi connectivity index (χ4n) is 1.73. The minimum atomic E-state index is -0.751. The van der Waals surface area contributed by atoms with Crippen molar-refractivity contribution in [1.82, 2.24) is 10.2 Å². The normalized spacial score (nSPS) is 12.0. The lowest BCUT2D eigenvalue weighted by molar-refractivity contribution is -0.122. The summed E-state index contributed by atoms with van der Waals surface area (Å²) in [5.41, 5.74) is 0. The van der Waals surface area contributed by atoms with Crippen LogP contribution < -0.4 is 10.1 Å². The van der Waals surface area contributed by atoms with Crippen LogP contribution in [0.2, 0.25) is 10.0 Å². The molecular weight excluding hydrogens is 373 g/mol. The number of halogens is 2. The smallest absolute Gasteiger partial charge is 0.266 e. The lowest BCUT2D eigenvalue weighted by Crippen LogP contribution is -2.30. The zero-order valence-electron chi connectivity index (χ0n) is 13.2. The number of benzene rings is 1. The molecule has 0 aliphatic rings. The number of aromatic nitrogens is 2. The van der Waals surface area contributed by atoms with Gasteiger partial charge >= 0.3 is 0 Å². The van der Waals surface area contributed by atoms with Crippen LogP contribution in [0.4, 0.5) is 5.13 Å². The van der Waals surface area contributed by atoms with Crippen LogP contribution >= 0.6 is 34.5 Å². The Morgan fingerprint density at radius 3 is 2.88 bits per heavy atom. The highest BCUT2D eigenvalue weighted by molar-refractivity contribution is 7.15. The number of hydrogen-bond acceptors (Lipinski definition) is 6. The highest BCUT2D eigenvalue weighted by atomic mass is 35.5. The van der Waals surface area contributed by atoms with Gasteiger partial charge in [0, 0.05) is 18.1 Å². The number of nitrogens with one attached hydrogen (secondary N) is 1. The molecule has 1 heterocycles. The minimum Gasteiger partial charge on any atom is -0.479 e. The first-order chi connectivity index (χ1) is 11.5. The van der Waals surface area contributed by atoms with Gasteiger partial charge in [-0.25, -0.2) is 0 Å². The van der Waals surface area contributed by atoms with Crippen molar-refractivity contribution >= 4 is 45.6 Å². The number of amides is 1. The van der Waals surface area contributed by atoms with Gasteiger partial charge in [-0.1, -0.05) is 34.5 Å². The molecule has 0 saturated carbocycles. The fraction of sp³-hybridized carbons (Fsp3) is 0.400. The number of hydrogen-bond donors (Lipinski definition) is 1. The van der Waals surface area contributed by atoms with Crippen molar-refractivity contribution in [2.75, 3.05) is 18.5 Å². The van der Waals surface area contributed by atoms with Gasteiger partial charge in [-0.3, -0.25) is 10.1 Å². The molecule has 1 amide bonds. The van der Waals surface area contributed by atoms with E-state index in [1.807, 2.05) is 6.92 Å². The largest absolute Gasteiger partial charge is 0.479 e. The van der Waals surface area contributed by atoms with Crippen LogP contribution in [0, 0.1) is 0 Å². The van der Waals surface area contributed by atoms with Gasteiger partial charge in [-0.15, -0.1) is 10.2 Å². The third-order valence-corrected chi connectivity index (χ3v) is 4.36. The first kappa shape index (κ1) is 18.9. The molecule has 0 spiro atoms. The Balaban J connectivity index is 1.89. The molecule has 130 valence electrons. The molecule has 0 aliphatic carbocycles. The molecule has 0 saturated heterocycles. The van der Waals surface area contributed by atoms with Gasteiger partial charge in [-0.05, 0) is 32.0 Å². The van der Waals surface area contributed by atoms with Crippen LogP contribution in [-0.2, 0) is 16.0 Å². The highest BCUT2D eigenvalue weighted by Gasteiger charge is 2.18. The van der Waals surface area contributed by atoms with E-state index >= 15 is 0 Å². The number of nitrogens with zero attached hydrogens (tertiary/aromatic N) is 2. The highest BCUT2D eigenvalue weighted by Crippen LogP contribution is 2.28. The molecular formula is C15H17Cl2N3O3S. The average molecular weight is 390 g/mol. The average Bonchev–Trinajstić information content (AvgIpc) is 2.97. The molecule has 0 aliphatic heterocycles. The van der Waals surface area contributed by atoms with Crippen molar-refractivity contribution in [2.24, 2.45) is 0 Å². The summed E-state index contributed by atoms with van der Waals surface area (Å²) in [6.07, 6.45) is -0.0900. The summed E-state index contributed by atoms with van der Waals surface area (Å²) >= 11 is 13.2. The topological polar surface area (TPSA) is 73.3 Å². The minimum absolute atomic E-state index is 0.339. The van der Waals surface area contributed by atoms with Gasteiger partial charge in [0.25, 0.3) is 5.91 Å². The number of carbonyl (C=O) groups is 1. The number of ether oxygens (including phenoxy) is 2.